The van der Waals surface area contributed by atoms with Gasteiger partial charge < -0.3 is 5.32 Å². The Labute approximate surface area is 174 Å². The molecule has 1 atom stereocenters. The number of likely N-dealkylation sites (tertiary alicyclic amines) is 1. The second kappa shape index (κ2) is 8.76. The van der Waals surface area contributed by atoms with E-state index < -0.39 is 0 Å². The molecule has 1 saturated heterocycles. The molecule has 0 spiro atoms. The number of hydrogen-bond donors (Lipinski definition) is 1. The Balaban J connectivity index is 1.49. The maximum Gasteiger partial charge on any atom is 0.241 e. The highest BCUT2D eigenvalue weighted by Gasteiger charge is 2.24. The van der Waals surface area contributed by atoms with Crippen LogP contribution in [0.25, 0.3) is 10.9 Å². The third kappa shape index (κ3) is 4.49. The Hall–Kier alpha value is -2.70. The molecule has 1 aromatic heterocycles. The van der Waals surface area contributed by atoms with Gasteiger partial charge in [-0.1, -0.05) is 35.9 Å². The molecule has 1 N–H and O–H groups in total. The van der Waals surface area contributed by atoms with Crippen molar-refractivity contribution in [1.29, 1.82) is 0 Å². The van der Waals surface area contributed by atoms with Crippen molar-refractivity contribution in [3.63, 3.8) is 0 Å². The molecule has 0 radical (unpaired) electrons. The van der Waals surface area contributed by atoms with Crippen molar-refractivity contribution in [3.8, 4) is 0 Å². The molecular weight excluding hydrogens is 388 g/mol. The first-order valence-corrected chi connectivity index (χ1v) is 10.2. The number of carbonyl (C=O) groups excluding carboxylic acids is 1. The quantitative estimate of drug-likeness (QED) is 0.678. The third-order valence-corrected chi connectivity index (χ3v) is 5.60. The van der Waals surface area contributed by atoms with Crippen LogP contribution >= 0.6 is 11.6 Å². The summed E-state index contributed by atoms with van der Waals surface area (Å²) in [4.78, 5) is 27.0. The zero-order valence-electron chi connectivity index (χ0n) is 16.1. The van der Waals surface area contributed by atoms with Crippen LogP contribution in [0.3, 0.4) is 0 Å². The van der Waals surface area contributed by atoms with Crippen LogP contribution in [0.1, 0.15) is 24.4 Å². The molecule has 4 rings (SSSR count). The van der Waals surface area contributed by atoms with E-state index in [4.69, 9.17) is 11.6 Å². The molecule has 29 heavy (non-hydrogen) atoms. The first-order chi connectivity index (χ1) is 14.1. The van der Waals surface area contributed by atoms with Gasteiger partial charge in [-0.2, -0.15) is 5.10 Å². The molecule has 1 aliphatic heterocycles. The van der Waals surface area contributed by atoms with Gasteiger partial charge in [-0.15, -0.1) is 0 Å². The molecular formula is C22H23ClN4O2. The molecule has 2 heterocycles. The standard InChI is InChI=1S/C22H23ClN4O2/c23-17-7-5-6-16(12-17)20(26-10-3-4-11-26)13-24-22(29)15-27-19-9-2-1-8-18(19)21(28)14-25-27/h1-2,5-9,12,14,20H,3-4,10-11,13,15H2,(H,24,29). The van der Waals surface area contributed by atoms with Crippen molar-refractivity contribution in [2.75, 3.05) is 19.6 Å². The fourth-order valence-corrected chi connectivity index (χ4v) is 4.11. The molecule has 2 aromatic carbocycles. The average molecular weight is 411 g/mol. The molecule has 1 fully saturated rings. The summed E-state index contributed by atoms with van der Waals surface area (Å²) in [5, 5.41) is 8.43. The summed E-state index contributed by atoms with van der Waals surface area (Å²) in [6.07, 6.45) is 3.59. The topological polar surface area (TPSA) is 67.2 Å². The van der Waals surface area contributed by atoms with E-state index in [0.29, 0.717) is 22.5 Å². The van der Waals surface area contributed by atoms with Crippen molar-refractivity contribution in [1.82, 2.24) is 20.0 Å². The van der Waals surface area contributed by atoms with Gasteiger partial charge >= 0.3 is 0 Å². The van der Waals surface area contributed by atoms with Gasteiger partial charge in [0, 0.05) is 17.0 Å². The summed E-state index contributed by atoms with van der Waals surface area (Å²) >= 11 is 6.19. The lowest BCUT2D eigenvalue weighted by molar-refractivity contribution is -0.122. The summed E-state index contributed by atoms with van der Waals surface area (Å²) < 4.78 is 1.57. The lowest BCUT2D eigenvalue weighted by Crippen LogP contribution is -2.38. The first-order valence-electron chi connectivity index (χ1n) is 9.83. The number of rotatable bonds is 6. The lowest BCUT2D eigenvalue weighted by atomic mass is 10.1. The van der Waals surface area contributed by atoms with E-state index in [2.05, 4.69) is 21.4 Å². The Bertz CT molecular complexity index is 1080. The number of para-hydroxylation sites is 1. The number of halogens is 1. The summed E-state index contributed by atoms with van der Waals surface area (Å²) in [7, 11) is 0. The van der Waals surface area contributed by atoms with Crippen molar-refractivity contribution >= 4 is 28.4 Å². The Morgan fingerprint density at radius 1 is 1.14 bits per heavy atom. The number of nitrogens with zero attached hydrogens (tertiary/aromatic N) is 3. The summed E-state index contributed by atoms with van der Waals surface area (Å²) in [5.41, 5.74) is 1.61. The molecule has 3 aromatic rings. The first kappa shape index (κ1) is 19.6. The molecule has 0 aliphatic carbocycles. The number of amides is 1. The molecule has 1 unspecified atom stereocenters. The maximum atomic E-state index is 12.7. The van der Waals surface area contributed by atoms with Crippen LogP contribution in [0.2, 0.25) is 5.02 Å². The van der Waals surface area contributed by atoms with Gasteiger partial charge in [-0.25, -0.2) is 0 Å². The van der Waals surface area contributed by atoms with E-state index in [1.54, 1.807) is 22.9 Å². The number of benzene rings is 2. The Morgan fingerprint density at radius 2 is 1.93 bits per heavy atom. The third-order valence-electron chi connectivity index (χ3n) is 5.36. The zero-order valence-corrected chi connectivity index (χ0v) is 16.8. The molecule has 0 bridgehead atoms. The second-order valence-corrected chi connectivity index (χ2v) is 7.74. The Morgan fingerprint density at radius 3 is 2.72 bits per heavy atom. The van der Waals surface area contributed by atoms with E-state index in [9.17, 15) is 9.59 Å². The van der Waals surface area contributed by atoms with Gasteiger partial charge in [0.15, 0.2) is 0 Å². The van der Waals surface area contributed by atoms with E-state index in [0.717, 1.165) is 31.5 Å². The van der Waals surface area contributed by atoms with Crippen LogP contribution < -0.4 is 10.7 Å². The number of carbonyl (C=O) groups is 1. The van der Waals surface area contributed by atoms with E-state index >= 15 is 0 Å². The summed E-state index contributed by atoms with van der Waals surface area (Å²) in [6.45, 7) is 2.58. The molecule has 150 valence electrons. The van der Waals surface area contributed by atoms with E-state index in [1.807, 2.05) is 24.3 Å². The van der Waals surface area contributed by atoms with Crippen molar-refractivity contribution in [3.05, 3.63) is 75.5 Å². The van der Waals surface area contributed by atoms with Gasteiger partial charge in [0.1, 0.15) is 6.54 Å². The predicted octanol–water partition coefficient (Wildman–Crippen LogP) is 3.00. The van der Waals surface area contributed by atoms with Crippen LogP contribution in [0.15, 0.2) is 59.5 Å². The number of aromatic nitrogens is 2. The van der Waals surface area contributed by atoms with Crippen molar-refractivity contribution in [2.45, 2.75) is 25.4 Å². The van der Waals surface area contributed by atoms with Gasteiger partial charge in [-0.3, -0.25) is 19.2 Å². The van der Waals surface area contributed by atoms with Crippen LogP contribution in [0.5, 0.6) is 0 Å². The highest BCUT2D eigenvalue weighted by atomic mass is 35.5. The van der Waals surface area contributed by atoms with Gasteiger partial charge in [0.25, 0.3) is 0 Å². The van der Waals surface area contributed by atoms with Crippen molar-refractivity contribution < 1.29 is 4.79 Å². The highest BCUT2D eigenvalue weighted by Crippen LogP contribution is 2.26. The average Bonchev–Trinajstić information content (AvgIpc) is 3.25. The molecule has 1 amide bonds. The number of fused-ring (bicyclic) bond motifs is 1. The largest absolute Gasteiger partial charge is 0.353 e. The normalized spacial score (nSPS) is 15.5. The lowest BCUT2D eigenvalue weighted by Gasteiger charge is -2.28. The van der Waals surface area contributed by atoms with Gasteiger partial charge in [0.2, 0.25) is 11.3 Å². The fraction of sp³-hybridized carbons (Fsp3) is 0.318. The smallest absolute Gasteiger partial charge is 0.241 e. The molecule has 6 nitrogen and oxygen atoms in total. The van der Waals surface area contributed by atoms with Crippen LogP contribution in [0, 0.1) is 0 Å². The Kier molecular flexibility index (Phi) is 5.92. The second-order valence-electron chi connectivity index (χ2n) is 7.30. The van der Waals surface area contributed by atoms with Crippen molar-refractivity contribution in [2.24, 2.45) is 0 Å². The fourth-order valence-electron chi connectivity index (χ4n) is 3.91. The molecule has 0 saturated carbocycles. The predicted molar refractivity (Wildman–Crippen MR) is 114 cm³/mol. The van der Waals surface area contributed by atoms with Gasteiger partial charge in [-0.05, 0) is 55.8 Å². The van der Waals surface area contributed by atoms with Crippen LogP contribution in [-0.2, 0) is 11.3 Å². The number of nitrogens with one attached hydrogen (secondary N) is 1. The highest BCUT2D eigenvalue weighted by molar-refractivity contribution is 6.30. The monoisotopic (exact) mass is 410 g/mol. The zero-order chi connectivity index (χ0) is 20.2. The van der Waals surface area contributed by atoms with E-state index in [-0.39, 0.29) is 23.9 Å². The van der Waals surface area contributed by atoms with Crippen LogP contribution in [0.4, 0.5) is 0 Å². The minimum atomic E-state index is -0.146. The minimum absolute atomic E-state index is 0.0586. The minimum Gasteiger partial charge on any atom is -0.353 e. The maximum absolute atomic E-state index is 12.7. The molecule has 7 heteroatoms. The summed E-state index contributed by atoms with van der Waals surface area (Å²) in [5.74, 6) is -0.141. The van der Waals surface area contributed by atoms with Gasteiger partial charge in [0.05, 0.1) is 17.8 Å². The van der Waals surface area contributed by atoms with Crippen LogP contribution in [-0.4, -0.2) is 40.2 Å². The SMILES string of the molecule is O=C(Cn1ncc(=O)c2ccccc21)NCC(c1cccc(Cl)c1)N1CCCC1. The number of hydrogen-bond acceptors (Lipinski definition) is 4. The molecule has 1 aliphatic rings. The van der Waals surface area contributed by atoms with E-state index in [1.165, 1.54) is 6.20 Å². The summed E-state index contributed by atoms with van der Waals surface area (Å²) in [6, 6.07) is 15.1.